The SMILES string of the molecule is CO[C@H]1[C@@H](O)CN(C(=O)OC(C)(C)C)CC1(F)F. The third kappa shape index (κ3) is 3.52. The van der Waals surface area contributed by atoms with E-state index in [0.29, 0.717) is 0 Å². The van der Waals surface area contributed by atoms with Crippen molar-refractivity contribution >= 4 is 6.09 Å². The van der Waals surface area contributed by atoms with Crippen LogP contribution in [0.25, 0.3) is 0 Å². The molecule has 1 fully saturated rings. The summed E-state index contributed by atoms with van der Waals surface area (Å²) < 4.78 is 36.8. The highest BCUT2D eigenvalue weighted by atomic mass is 19.3. The number of nitrogens with zero attached hydrogens (tertiary/aromatic N) is 1. The van der Waals surface area contributed by atoms with Crippen LogP contribution < -0.4 is 0 Å². The van der Waals surface area contributed by atoms with Gasteiger partial charge in [-0.1, -0.05) is 0 Å². The maximum atomic E-state index is 13.6. The van der Waals surface area contributed by atoms with Crippen molar-refractivity contribution in [3.63, 3.8) is 0 Å². The van der Waals surface area contributed by atoms with Crippen LogP contribution in [0.15, 0.2) is 0 Å². The molecule has 0 aromatic rings. The fourth-order valence-corrected chi connectivity index (χ4v) is 1.81. The highest BCUT2D eigenvalue weighted by molar-refractivity contribution is 5.68. The van der Waals surface area contributed by atoms with E-state index in [-0.39, 0.29) is 6.54 Å². The second-order valence-corrected chi connectivity index (χ2v) is 5.35. The molecule has 0 aliphatic carbocycles. The van der Waals surface area contributed by atoms with Gasteiger partial charge < -0.3 is 14.6 Å². The number of halogens is 2. The number of methoxy groups -OCH3 is 1. The van der Waals surface area contributed by atoms with E-state index in [9.17, 15) is 18.7 Å². The Morgan fingerprint density at radius 2 is 2.00 bits per heavy atom. The normalized spacial score (nSPS) is 28.1. The number of amides is 1. The van der Waals surface area contributed by atoms with Gasteiger partial charge in [0.05, 0.1) is 13.1 Å². The maximum Gasteiger partial charge on any atom is 0.410 e. The average molecular weight is 267 g/mol. The predicted octanol–water partition coefficient (Wildman–Crippen LogP) is 1.25. The Balaban J connectivity index is 2.74. The number of likely N-dealkylation sites (tertiary alicyclic amines) is 1. The highest BCUT2D eigenvalue weighted by Crippen LogP contribution is 2.30. The second kappa shape index (κ2) is 4.97. The number of hydrogen-bond donors (Lipinski definition) is 1. The molecule has 0 spiro atoms. The van der Waals surface area contributed by atoms with Gasteiger partial charge in [-0.05, 0) is 20.8 Å². The summed E-state index contributed by atoms with van der Waals surface area (Å²) in [4.78, 5) is 12.5. The third-order valence-corrected chi connectivity index (χ3v) is 2.48. The first-order valence-electron chi connectivity index (χ1n) is 5.63. The fourth-order valence-electron chi connectivity index (χ4n) is 1.81. The molecular weight excluding hydrogens is 248 g/mol. The molecule has 0 aromatic heterocycles. The van der Waals surface area contributed by atoms with Crippen LogP contribution in [0.5, 0.6) is 0 Å². The molecular formula is C11H19F2NO4. The van der Waals surface area contributed by atoms with Crippen molar-refractivity contribution in [2.24, 2.45) is 0 Å². The van der Waals surface area contributed by atoms with Crippen LogP contribution in [-0.4, -0.2) is 60.0 Å². The molecule has 1 rings (SSSR count). The lowest BCUT2D eigenvalue weighted by Crippen LogP contribution is -2.61. The standard InChI is InChI=1S/C11H19F2NO4/c1-10(2,3)18-9(16)14-5-7(15)8(17-4)11(12,13)6-14/h7-8,15H,5-6H2,1-4H3/t7-,8-/m0/s1. The van der Waals surface area contributed by atoms with Crippen LogP contribution in [-0.2, 0) is 9.47 Å². The van der Waals surface area contributed by atoms with E-state index in [0.717, 1.165) is 12.0 Å². The summed E-state index contributed by atoms with van der Waals surface area (Å²) >= 11 is 0. The lowest BCUT2D eigenvalue weighted by Gasteiger charge is -2.40. The molecule has 1 aliphatic heterocycles. The summed E-state index contributed by atoms with van der Waals surface area (Å²) in [6, 6.07) is 0. The average Bonchev–Trinajstić information content (AvgIpc) is 2.12. The maximum absolute atomic E-state index is 13.6. The summed E-state index contributed by atoms with van der Waals surface area (Å²) in [5.74, 6) is -3.30. The lowest BCUT2D eigenvalue weighted by molar-refractivity contribution is -0.201. The van der Waals surface area contributed by atoms with Crippen molar-refractivity contribution < 1.29 is 28.2 Å². The van der Waals surface area contributed by atoms with Crippen LogP contribution in [0.4, 0.5) is 13.6 Å². The minimum Gasteiger partial charge on any atom is -0.444 e. The molecule has 0 saturated carbocycles. The number of carbonyl (C=O) groups is 1. The van der Waals surface area contributed by atoms with Gasteiger partial charge in [-0.15, -0.1) is 0 Å². The van der Waals surface area contributed by atoms with E-state index >= 15 is 0 Å². The molecule has 7 heteroatoms. The number of ether oxygens (including phenoxy) is 2. The lowest BCUT2D eigenvalue weighted by atomic mass is 10.0. The van der Waals surface area contributed by atoms with Gasteiger partial charge in [-0.2, -0.15) is 0 Å². The first kappa shape index (κ1) is 15.1. The predicted molar refractivity (Wildman–Crippen MR) is 59.6 cm³/mol. The second-order valence-electron chi connectivity index (χ2n) is 5.35. The number of aliphatic hydroxyl groups is 1. The molecule has 1 aliphatic rings. The van der Waals surface area contributed by atoms with Crippen LogP contribution in [0, 0.1) is 0 Å². The van der Waals surface area contributed by atoms with E-state index in [1.807, 2.05) is 0 Å². The van der Waals surface area contributed by atoms with Crippen molar-refractivity contribution in [2.45, 2.75) is 44.5 Å². The van der Waals surface area contributed by atoms with Gasteiger partial charge in [0.2, 0.25) is 0 Å². The first-order valence-corrected chi connectivity index (χ1v) is 5.63. The molecule has 1 heterocycles. The Kier molecular flexibility index (Phi) is 4.17. The zero-order valence-corrected chi connectivity index (χ0v) is 10.9. The van der Waals surface area contributed by atoms with Gasteiger partial charge >= 0.3 is 6.09 Å². The third-order valence-electron chi connectivity index (χ3n) is 2.48. The first-order chi connectivity index (χ1) is 8.07. The summed E-state index contributed by atoms with van der Waals surface area (Å²) in [6.07, 6.45) is -3.90. The topological polar surface area (TPSA) is 59.0 Å². The highest BCUT2D eigenvalue weighted by Gasteiger charge is 2.51. The summed E-state index contributed by atoms with van der Waals surface area (Å²) in [5.41, 5.74) is -0.768. The molecule has 2 atom stereocenters. The molecule has 0 unspecified atom stereocenters. The number of piperidine rings is 1. The Morgan fingerprint density at radius 1 is 1.44 bits per heavy atom. The molecule has 0 bridgehead atoms. The van der Waals surface area contributed by atoms with Gasteiger partial charge in [0.1, 0.15) is 17.8 Å². The van der Waals surface area contributed by atoms with Crippen LogP contribution in [0.1, 0.15) is 20.8 Å². The van der Waals surface area contributed by atoms with E-state index in [1.54, 1.807) is 20.8 Å². The molecule has 0 aromatic carbocycles. The largest absolute Gasteiger partial charge is 0.444 e. The van der Waals surface area contributed by atoms with Gasteiger partial charge in [0.25, 0.3) is 5.92 Å². The number of β-amino-alcohol motifs (C(OH)–C–C–N with tert-alkyl or cyclic N) is 1. The number of rotatable bonds is 1. The molecule has 18 heavy (non-hydrogen) atoms. The molecule has 1 amide bonds. The summed E-state index contributed by atoms with van der Waals surface area (Å²) in [7, 11) is 1.10. The molecule has 1 saturated heterocycles. The zero-order chi connectivity index (χ0) is 14.1. The summed E-state index contributed by atoms with van der Waals surface area (Å²) in [6.45, 7) is 3.87. The minimum absolute atomic E-state index is 0.233. The Hall–Kier alpha value is -0.950. The Bertz CT molecular complexity index is 317. The monoisotopic (exact) mass is 267 g/mol. The summed E-state index contributed by atoms with van der Waals surface area (Å²) in [5, 5.41) is 9.57. The van der Waals surface area contributed by atoms with Gasteiger partial charge in [0.15, 0.2) is 0 Å². The minimum atomic E-state index is -3.30. The van der Waals surface area contributed by atoms with Crippen LogP contribution in [0.3, 0.4) is 0 Å². The number of aliphatic hydroxyl groups excluding tert-OH is 1. The number of alkyl halides is 2. The van der Waals surface area contributed by atoms with Crippen molar-refractivity contribution in [3.8, 4) is 0 Å². The van der Waals surface area contributed by atoms with Crippen LogP contribution in [0.2, 0.25) is 0 Å². The van der Waals surface area contributed by atoms with Gasteiger partial charge in [-0.3, -0.25) is 4.90 Å². The van der Waals surface area contributed by atoms with Gasteiger partial charge in [-0.25, -0.2) is 13.6 Å². The van der Waals surface area contributed by atoms with Crippen molar-refractivity contribution in [3.05, 3.63) is 0 Å². The quantitative estimate of drug-likeness (QED) is 0.776. The molecule has 5 nitrogen and oxygen atoms in total. The van der Waals surface area contributed by atoms with Crippen molar-refractivity contribution in [2.75, 3.05) is 20.2 Å². The van der Waals surface area contributed by atoms with E-state index in [1.165, 1.54) is 0 Å². The molecule has 0 radical (unpaired) electrons. The zero-order valence-electron chi connectivity index (χ0n) is 10.9. The van der Waals surface area contributed by atoms with Crippen molar-refractivity contribution in [1.29, 1.82) is 0 Å². The van der Waals surface area contributed by atoms with Gasteiger partial charge in [0, 0.05) is 7.11 Å². The fraction of sp³-hybridized carbons (Fsp3) is 0.909. The number of carbonyl (C=O) groups excluding carboxylic acids is 1. The Labute approximate surface area is 105 Å². The van der Waals surface area contributed by atoms with E-state index in [2.05, 4.69) is 4.74 Å². The molecule has 1 N–H and O–H groups in total. The molecule has 106 valence electrons. The Morgan fingerprint density at radius 3 is 2.39 bits per heavy atom. The van der Waals surface area contributed by atoms with Crippen LogP contribution >= 0.6 is 0 Å². The number of hydrogen-bond acceptors (Lipinski definition) is 4. The smallest absolute Gasteiger partial charge is 0.410 e. The van der Waals surface area contributed by atoms with E-state index < -0.39 is 36.4 Å². The van der Waals surface area contributed by atoms with Crippen molar-refractivity contribution in [1.82, 2.24) is 4.90 Å². The van der Waals surface area contributed by atoms with E-state index in [4.69, 9.17) is 4.74 Å².